The van der Waals surface area contributed by atoms with Crippen LogP contribution in [0.2, 0.25) is 0 Å². The van der Waals surface area contributed by atoms with Gasteiger partial charge in [0.25, 0.3) is 11.8 Å². The Morgan fingerprint density at radius 1 is 1.34 bits per heavy atom. The molecule has 2 aromatic rings. The predicted octanol–water partition coefficient (Wildman–Crippen LogP) is 1.58. The number of aliphatic hydroxyl groups excluding tert-OH is 1. The molecular weight excluding hydrogens is 372 g/mol. The van der Waals surface area contributed by atoms with Gasteiger partial charge >= 0.3 is 0 Å². The average Bonchev–Trinajstić information content (AvgIpc) is 3.38. The van der Waals surface area contributed by atoms with E-state index in [1.165, 1.54) is 10.7 Å². The van der Waals surface area contributed by atoms with Crippen LogP contribution in [-0.4, -0.2) is 57.4 Å². The topological polar surface area (TPSA) is 96.7 Å². The summed E-state index contributed by atoms with van der Waals surface area (Å²) >= 11 is 0. The molecule has 154 valence electrons. The molecule has 1 unspecified atom stereocenters. The summed E-state index contributed by atoms with van der Waals surface area (Å²) in [6.07, 6.45) is 3.35. The Bertz CT molecular complexity index is 904. The summed E-state index contributed by atoms with van der Waals surface area (Å²) in [4.78, 5) is 27.6. The zero-order valence-electron chi connectivity index (χ0n) is 16.5. The fourth-order valence-corrected chi connectivity index (χ4v) is 4.16. The van der Waals surface area contributed by atoms with Gasteiger partial charge in [-0.25, -0.2) is 0 Å². The molecule has 0 bridgehead atoms. The monoisotopic (exact) mass is 398 g/mol. The van der Waals surface area contributed by atoms with E-state index in [-0.39, 0.29) is 36.6 Å². The van der Waals surface area contributed by atoms with Gasteiger partial charge in [0.1, 0.15) is 11.4 Å². The highest BCUT2D eigenvalue weighted by Gasteiger charge is 2.31. The molecule has 1 atom stereocenters. The predicted molar refractivity (Wildman–Crippen MR) is 106 cm³/mol. The summed E-state index contributed by atoms with van der Waals surface area (Å²) < 4.78 is 6.89. The van der Waals surface area contributed by atoms with E-state index in [2.05, 4.69) is 10.4 Å². The number of methoxy groups -OCH3 is 1. The van der Waals surface area contributed by atoms with Crippen molar-refractivity contribution in [2.75, 3.05) is 13.7 Å². The van der Waals surface area contributed by atoms with Crippen LogP contribution in [0.25, 0.3) is 0 Å². The first kappa shape index (κ1) is 19.4. The molecule has 1 aromatic carbocycles. The number of aromatic nitrogens is 2. The van der Waals surface area contributed by atoms with E-state index in [9.17, 15) is 14.7 Å². The summed E-state index contributed by atoms with van der Waals surface area (Å²) in [5, 5.41) is 17.0. The van der Waals surface area contributed by atoms with Crippen LogP contribution in [0.4, 0.5) is 0 Å². The van der Waals surface area contributed by atoms with Crippen LogP contribution in [0, 0.1) is 0 Å². The van der Waals surface area contributed by atoms with Gasteiger partial charge in [-0.3, -0.25) is 14.3 Å². The van der Waals surface area contributed by atoms with Crippen LogP contribution >= 0.6 is 0 Å². The Balaban J connectivity index is 1.64. The number of aliphatic hydroxyl groups is 1. The van der Waals surface area contributed by atoms with Crippen molar-refractivity contribution in [2.24, 2.45) is 0 Å². The van der Waals surface area contributed by atoms with Crippen molar-refractivity contribution >= 4 is 11.8 Å². The first-order chi connectivity index (χ1) is 14.1. The van der Waals surface area contributed by atoms with Gasteiger partial charge in [0.15, 0.2) is 5.69 Å². The van der Waals surface area contributed by atoms with Gasteiger partial charge < -0.3 is 20.1 Å². The van der Waals surface area contributed by atoms with Gasteiger partial charge in [-0.2, -0.15) is 5.10 Å². The molecule has 1 fully saturated rings. The Kier molecular flexibility index (Phi) is 5.53. The smallest absolute Gasteiger partial charge is 0.274 e. The van der Waals surface area contributed by atoms with Gasteiger partial charge in [0.05, 0.1) is 19.8 Å². The SMILES string of the molecule is COc1ccccc1CN(C(=O)c1cc2n(n1)CC(O)CNC2=O)C1CCCC1. The quantitative estimate of drug-likeness (QED) is 0.797. The van der Waals surface area contributed by atoms with Gasteiger partial charge in [-0.15, -0.1) is 0 Å². The lowest BCUT2D eigenvalue weighted by atomic mass is 10.1. The van der Waals surface area contributed by atoms with Crippen molar-refractivity contribution in [3.8, 4) is 5.75 Å². The number of rotatable bonds is 5. The van der Waals surface area contributed by atoms with E-state index in [4.69, 9.17) is 4.74 Å². The Labute approximate surface area is 169 Å². The van der Waals surface area contributed by atoms with Gasteiger partial charge in [-0.05, 0) is 18.9 Å². The molecule has 0 saturated heterocycles. The van der Waals surface area contributed by atoms with Crippen molar-refractivity contribution in [3.05, 3.63) is 47.3 Å². The average molecular weight is 398 g/mol. The third-order valence-corrected chi connectivity index (χ3v) is 5.67. The van der Waals surface area contributed by atoms with E-state index in [0.29, 0.717) is 12.2 Å². The lowest BCUT2D eigenvalue weighted by molar-refractivity contribution is 0.0654. The normalized spacial score (nSPS) is 19.4. The van der Waals surface area contributed by atoms with Crippen molar-refractivity contribution < 1.29 is 19.4 Å². The Morgan fingerprint density at radius 2 is 2.10 bits per heavy atom. The summed E-state index contributed by atoms with van der Waals surface area (Å²) in [6.45, 7) is 0.773. The lowest BCUT2D eigenvalue weighted by Crippen LogP contribution is -2.38. The van der Waals surface area contributed by atoms with Gasteiger partial charge in [0.2, 0.25) is 0 Å². The molecule has 0 radical (unpaired) electrons. The standard InChI is InChI=1S/C21H26N4O4/c1-29-19-9-5-2-6-14(19)12-24(15-7-3-4-8-15)21(28)17-10-18-20(27)22-11-16(26)13-25(18)23-17/h2,5-6,9-10,15-16,26H,3-4,7-8,11-13H2,1H3,(H,22,27). The molecule has 29 heavy (non-hydrogen) atoms. The summed E-state index contributed by atoms with van der Waals surface area (Å²) in [6, 6.07) is 9.34. The maximum absolute atomic E-state index is 13.4. The van der Waals surface area contributed by atoms with E-state index in [0.717, 1.165) is 37.0 Å². The first-order valence-corrected chi connectivity index (χ1v) is 10.0. The number of hydrogen-bond donors (Lipinski definition) is 2. The highest BCUT2D eigenvalue weighted by Crippen LogP contribution is 2.29. The van der Waals surface area contributed by atoms with Crippen LogP contribution in [-0.2, 0) is 13.1 Å². The van der Waals surface area contributed by atoms with E-state index in [1.807, 2.05) is 29.2 Å². The number of nitrogens with zero attached hydrogens (tertiary/aromatic N) is 3. The molecule has 0 spiro atoms. The van der Waals surface area contributed by atoms with Gasteiger partial charge in [0, 0.05) is 30.8 Å². The van der Waals surface area contributed by atoms with Crippen molar-refractivity contribution in [1.29, 1.82) is 0 Å². The zero-order valence-corrected chi connectivity index (χ0v) is 16.5. The molecule has 1 aromatic heterocycles. The van der Waals surface area contributed by atoms with Crippen LogP contribution in [0.15, 0.2) is 30.3 Å². The molecule has 1 aliphatic heterocycles. The van der Waals surface area contributed by atoms with Crippen LogP contribution in [0.3, 0.4) is 0 Å². The molecule has 2 aliphatic rings. The number of carbonyl (C=O) groups excluding carboxylic acids is 2. The molecular formula is C21H26N4O4. The first-order valence-electron chi connectivity index (χ1n) is 10.0. The molecule has 8 nitrogen and oxygen atoms in total. The highest BCUT2D eigenvalue weighted by molar-refractivity contribution is 5.98. The second-order valence-corrected chi connectivity index (χ2v) is 7.64. The maximum atomic E-state index is 13.4. The maximum Gasteiger partial charge on any atom is 0.274 e. The number of ether oxygens (including phenoxy) is 1. The van der Waals surface area contributed by atoms with Crippen LogP contribution < -0.4 is 10.1 Å². The summed E-state index contributed by atoms with van der Waals surface area (Å²) in [5.41, 5.74) is 1.46. The molecule has 1 saturated carbocycles. The second kappa shape index (κ2) is 8.24. The largest absolute Gasteiger partial charge is 0.496 e. The molecule has 1 aliphatic carbocycles. The summed E-state index contributed by atoms with van der Waals surface area (Å²) in [5.74, 6) is 0.210. The minimum absolute atomic E-state index is 0.133. The van der Waals surface area contributed by atoms with E-state index < -0.39 is 6.10 Å². The van der Waals surface area contributed by atoms with Crippen LogP contribution in [0.5, 0.6) is 5.75 Å². The number of fused-ring (bicyclic) bond motifs is 1. The third-order valence-electron chi connectivity index (χ3n) is 5.67. The number of para-hydroxylation sites is 1. The lowest BCUT2D eigenvalue weighted by Gasteiger charge is -2.29. The van der Waals surface area contributed by atoms with E-state index in [1.54, 1.807) is 7.11 Å². The number of amides is 2. The summed E-state index contributed by atoms with van der Waals surface area (Å²) in [7, 11) is 1.62. The number of carbonyl (C=O) groups is 2. The van der Waals surface area contributed by atoms with Crippen molar-refractivity contribution in [3.63, 3.8) is 0 Å². The van der Waals surface area contributed by atoms with E-state index >= 15 is 0 Å². The second-order valence-electron chi connectivity index (χ2n) is 7.64. The molecule has 8 heteroatoms. The minimum atomic E-state index is -0.734. The highest BCUT2D eigenvalue weighted by atomic mass is 16.5. The minimum Gasteiger partial charge on any atom is -0.496 e. The Hall–Kier alpha value is -2.87. The van der Waals surface area contributed by atoms with Crippen molar-refractivity contribution in [2.45, 2.75) is 50.9 Å². The van der Waals surface area contributed by atoms with Crippen LogP contribution in [0.1, 0.15) is 52.2 Å². The Morgan fingerprint density at radius 3 is 2.86 bits per heavy atom. The number of hydrogen-bond acceptors (Lipinski definition) is 5. The molecule has 2 amide bonds. The third kappa shape index (κ3) is 3.98. The molecule has 4 rings (SSSR count). The van der Waals surface area contributed by atoms with Crippen molar-refractivity contribution in [1.82, 2.24) is 20.0 Å². The number of β-amino-alcohol motifs (C(OH)–C–C–N with tert-alkyl or cyclic N) is 1. The molecule has 2 N–H and O–H groups in total. The molecule has 2 heterocycles. The number of benzene rings is 1. The zero-order chi connectivity index (χ0) is 20.4. The van der Waals surface area contributed by atoms with Gasteiger partial charge in [-0.1, -0.05) is 31.0 Å². The number of nitrogens with one attached hydrogen (secondary N) is 1. The fraction of sp³-hybridized carbons (Fsp3) is 0.476. The fourth-order valence-electron chi connectivity index (χ4n) is 4.16.